The molecule has 0 aromatic heterocycles. The van der Waals surface area contributed by atoms with Crippen LogP contribution in [0.15, 0.2) is 34.8 Å². The van der Waals surface area contributed by atoms with Crippen LogP contribution in [0.3, 0.4) is 0 Å². The summed E-state index contributed by atoms with van der Waals surface area (Å²) in [6, 6.07) is 6.72. The third-order valence-electron chi connectivity index (χ3n) is 3.01. The van der Waals surface area contributed by atoms with Crippen molar-refractivity contribution in [2.24, 2.45) is 0 Å². The molecule has 6 heteroatoms. The van der Waals surface area contributed by atoms with Crippen molar-refractivity contribution >= 4 is 27.5 Å². The molecule has 2 aromatic rings. The second-order valence-corrected chi connectivity index (χ2v) is 5.55. The minimum Gasteiger partial charge on any atom is -0.493 e. The highest BCUT2D eigenvalue weighted by atomic mass is 79.9. The first-order valence-corrected chi connectivity index (χ1v) is 7.21. The lowest BCUT2D eigenvalue weighted by Crippen LogP contribution is -2.01. The lowest BCUT2D eigenvalue weighted by Gasteiger charge is -2.16. The van der Waals surface area contributed by atoms with Crippen molar-refractivity contribution in [3.8, 4) is 11.5 Å². The van der Waals surface area contributed by atoms with Gasteiger partial charge in [0.2, 0.25) is 0 Å². The van der Waals surface area contributed by atoms with E-state index in [1.54, 1.807) is 0 Å². The lowest BCUT2D eigenvalue weighted by molar-refractivity contribution is 0.351. The molecular formula is C15H12BrClF2O2. The Bertz CT molecular complexity index is 664. The number of ether oxygens (including phenoxy) is 2. The van der Waals surface area contributed by atoms with E-state index in [0.717, 1.165) is 0 Å². The summed E-state index contributed by atoms with van der Waals surface area (Å²) >= 11 is 9.59. The first-order valence-electron chi connectivity index (χ1n) is 5.98. The van der Waals surface area contributed by atoms with Gasteiger partial charge < -0.3 is 9.47 Å². The Labute approximate surface area is 134 Å². The molecule has 0 aliphatic carbocycles. The van der Waals surface area contributed by atoms with Gasteiger partial charge in [0.15, 0.2) is 11.5 Å². The Balaban J connectivity index is 2.52. The van der Waals surface area contributed by atoms with Gasteiger partial charge in [0.1, 0.15) is 11.6 Å². The summed E-state index contributed by atoms with van der Waals surface area (Å²) in [5.74, 6) is -0.378. The SMILES string of the molecule is COc1cc(F)c(C(Cl)c2cc(F)ccc2Br)cc1OC. The topological polar surface area (TPSA) is 18.5 Å². The van der Waals surface area contributed by atoms with Crippen molar-refractivity contribution in [3.05, 3.63) is 57.6 Å². The van der Waals surface area contributed by atoms with Crippen LogP contribution in [0.25, 0.3) is 0 Å². The Morgan fingerprint density at radius 1 is 1.00 bits per heavy atom. The summed E-state index contributed by atoms with van der Waals surface area (Å²) < 4.78 is 38.3. The largest absolute Gasteiger partial charge is 0.493 e. The van der Waals surface area contributed by atoms with Crippen LogP contribution < -0.4 is 9.47 Å². The Morgan fingerprint density at radius 2 is 1.62 bits per heavy atom. The van der Waals surface area contributed by atoms with E-state index in [1.807, 2.05) is 0 Å². The third-order valence-corrected chi connectivity index (χ3v) is 4.20. The van der Waals surface area contributed by atoms with E-state index in [-0.39, 0.29) is 11.3 Å². The van der Waals surface area contributed by atoms with Gasteiger partial charge in [0, 0.05) is 16.1 Å². The fourth-order valence-corrected chi connectivity index (χ4v) is 2.90. The zero-order chi connectivity index (χ0) is 15.6. The van der Waals surface area contributed by atoms with Gasteiger partial charge in [-0.3, -0.25) is 0 Å². The van der Waals surface area contributed by atoms with Gasteiger partial charge in [-0.1, -0.05) is 15.9 Å². The van der Waals surface area contributed by atoms with Gasteiger partial charge in [-0.05, 0) is 29.8 Å². The van der Waals surface area contributed by atoms with Crippen molar-refractivity contribution in [2.45, 2.75) is 5.38 Å². The van der Waals surface area contributed by atoms with Crippen molar-refractivity contribution in [3.63, 3.8) is 0 Å². The number of rotatable bonds is 4. The number of alkyl halides is 1. The van der Waals surface area contributed by atoms with Crippen LogP contribution in [0.5, 0.6) is 11.5 Å². The van der Waals surface area contributed by atoms with Crippen LogP contribution in [0.1, 0.15) is 16.5 Å². The highest BCUT2D eigenvalue weighted by molar-refractivity contribution is 9.10. The molecule has 21 heavy (non-hydrogen) atoms. The second kappa shape index (κ2) is 6.62. The van der Waals surface area contributed by atoms with Crippen molar-refractivity contribution < 1.29 is 18.3 Å². The number of benzene rings is 2. The van der Waals surface area contributed by atoms with Crippen LogP contribution in [-0.4, -0.2) is 14.2 Å². The molecule has 0 spiro atoms. The molecule has 112 valence electrons. The van der Waals surface area contributed by atoms with Gasteiger partial charge in [-0.2, -0.15) is 0 Å². The van der Waals surface area contributed by atoms with E-state index < -0.39 is 17.0 Å². The minimum absolute atomic E-state index is 0.181. The van der Waals surface area contributed by atoms with E-state index in [0.29, 0.717) is 15.8 Å². The second-order valence-electron chi connectivity index (χ2n) is 4.26. The van der Waals surface area contributed by atoms with Crippen molar-refractivity contribution in [1.82, 2.24) is 0 Å². The van der Waals surface area contributed by atoms with Gasteiger partial charge in [-0.25, -0.2) is 8.78 Å². The van der Waals surface area contributed by atoms with Crippen LogP contribution in [0, 0.1) is 11.6 Å². The smallest absolute Gasteiger partial charge is 0.163 e. The monoisotopic (exact) mass is 376 g/mol. The summed E-state index contributed by atoms with van der Waals surface area (Å²) in [6.07, 6.45) is 0. The van der Waals surface area contributed by atoms with Crippen LogP contribution in [0.2, 0.25) is 0 Å². The summed E-state index contributed by atoms with van der Waals surface area (Å²) in [6.45, 7) is 0. The Kier molecular flexibility index (Phi) is 5.06. The summed E-state index contributed by atoms with van der Waals surface area (Å²) in [4.78, 5) is 0. The van der Waals surface area contributed by atoms with E-state index >= 15 is 0 Å². The quantitative estimate of drug-likeness (QED) is 0.692. The molecule has 2 nitrogen and oxygen atoms in total. The molecule has 0 aliphatic rings. The molecule has 2 rings (SSSR count). The maximum absolute atomic E-state index is 14.2. The first-order chi connectivity index (χ1) is 9.97. The Hall–Kier alpha value is -1.33. The van der Waals surface area contributed by atoms with E-state index in [4.69, 9.17) is 21.1 Å². The average Bonchev–Trinajstić information content (AvgIpc) is 2.48. The minimum atomic E-state index is -0.866. The molecular weight excluding hydrogens is 366 g/mol. The number of hydrogen-bond donors (Lipinski definition) is 0. The Morgan fingerprint density at radius 3 is 2.24 bits per heavy atom. The van der Waals surface area contributed by atoms with Gasteiger partial charge in [0.05, 0.1) is 19.6 Å². The molecule has 0 N–H and O–H groups in total. The molecule has 0 amide bonds. The fraction of sp³-hybridized carbons (Fsp3) is 0.200. The zero-order valence-corrected chi connectivity index (χ0v) is 13.6. The third kappa shape index (κ3) is 3.30. The standard InChI is InChI=1S/C15H12BrClF2O2/c1-20-13-6-10(12(19)7-14(13)21-2)15(17)9-5-8(18)3-4-11(9)16/h3-7,15H,1-2H3. The molecule has 0 radical (unpaired) electrons. The van der Waals surface area contributed by atoms with E-state index in [1.165, 1.54) is 44.6 Å². The summed E-state index contributed by atoms with van der Waals surface area (Å²) in [7, 11) is 2.86. The maximum Gasteiger partial charge on any atom is 0.163 e. The highest BCUT2D eigenvalue weighted by Crippen LogP contribution is 2.39. The number of halogens is 4. The molecule has 0 saturated heterocycles. The predicted octanol–water partition coefficient (Wildman–Crippen LogP) is 5.07. The fourth-order valence-electron chi connectivity index (χ4n) is 1.94. The molecule has 0 bridgehead atoms. The van der Waals surface area contributed by atoms with Gasteiger partial charge >= 0.3 is 0 Å². The van der Waals surface area contributed by atoms with Crippen molar-refractivity contribution in [1.29, 1.82) is 0 Å². The van der Waals surface area contributed by atoms with Crippen LogP contribution in [0.4, 0.5) is 8.78 Å². The number of hydrogen-bond acceptors (Lipinski definition) is 2. The van der Waals surface area contributed by atoms with Crippen LogP contribution in [-0.2, 0) is 0 Å². The highest BCUT2D eigenvalue weighted by Gasteiger charge is 2.21. The maximum atomic E-state index is 14.2. The number of methoxy groups -OCH3 is 2. The van der Waals surface area contributed by atoms with E-state index in [9.17, 15) is 8.78 Å². The first kappa shape index (κ1) is 16.0. The molecule has 0 fully saturated rings. The molecule has 1 unspecified atom stereocenters. The average molecular weight is 378 g/mol. The lowest BCUT2D eigenvalue weighted by atomic mass is 10.0. The summed E-state index contributed by atoms with van der Waals surface area (Å²) in [5.41, 5.74) is 0.614. The normalized spacial score (nSPS) is 12.1. The molecule has 0 saturated carbocycles. The van der Waals surface area contributed by atoms with Gasteiger partial charge in [0.25, 0.3) is 0 Å². The molecule has 1 atom stereocenters. The zero-order valence-electron chi connectivity index (χ0n) is 11.3. The molecule has 2 aromatic carbocycles. The predicted molar refractivity (Wildman–Crippen MR) is 81.3 cm³/mol. The summed E-state index contributed by atoms with van der Waals surface area (Å²) in [5, 5.41) is -0.866. The van der Waals surface area contributed by atoms with E-state index in [2.05, 4.69) is 15.9 Å². The van der Waals surface area contributed by atoms with Gasteiger partial charge in [-0.15, -0.1) is 11.6 Å². The molecule has 0 heterocycles. The van der Waals surface area contributed by atoms with Crippen molar-refractivity contribution in [2.75, 3.05) is 14.2 Å². The van der Waals surface area contributed by atoms with Crippen LogP contribution >= 0.6 is 27.5 Å². The molecule has 0 aliphatic heterocycles.